The second-order valence-corrected chi connectivity index (χ2v) is 12.3. The summed E-state index contributed by atoms with van der Waals surface area (Å²) in [6.45, 7) is 10.2. The first-order valence-corrected chi connectivity index (χ1v) is 14.1. The van der Waals surface area contributed by atoms with Crippen molar-refractivity contribution < 1.29 is 18.8 Å². The Hall–Kier alpha value is -3.28. The number of carbonyl (C=O) groups is 1. The number of hydrogen-bond donors (Lipinski definition) is 1. The Morgan fingerprint density at radius 2 is 1.74 bits per heavy atom. The molecule has 1 saturated heterocycles. The van der Waals surface area contributed by atoms with E-state index in [1.54, 1.807) is 0 Å². The molecular formula is C31H36BN3O4. The molecule has 1 aromatic heterocycles. The van der Waals surface area contributed by atoms with Crippen LogP contribution < -0.4 is 10.8 Å². The van der Waals surface area contributed by atoms with Gasteiger partial charge in [-0.15, -0.1) is 0 Å². The van der Waals surface area contributed by atoms with Crippen molar-refractivity contribution in [3.63, 3.8) is 0 Å². The molecule has 1 unspecified atom stereocenters. The molecule has 0 radical (unpaired) electrons. The highest BCUT2D eigenvalue weighted by Gasteiger charge is 2.51. The zero-order valence-electron chi connectivity index (χ0n) is 23.4. The number of aromatic nitrogens is 1. The van der Waals surface area contributed by atoms with Crippen molar-refractivity contribution in [2.24, 2.45) is 5.92 Å². The SMILES string of the molecule is CC(OC(=O)Nc1ccc(-c2c(C#N)c3ccc(B4OC(C)(C)C(C)(C)O4)cc3n2C2CCC2)cc1)C1CC1. The molecule has 7 nitrogen and oxygen atoms in total. The number of carbonyl (C=O) groups excluding carboxylic acids is 1. The predicted octanol–water partition coefficient (Wildman–Crippen LogP) is 6.55. The normalized spacial score (nSPS) is 20.9. The van der Waals surface area contributed by atoms with Crippen molar-refractivity contribution >= 4 is 35.3 Å². The van der Waals surface area contributed by atoms with Crippen LogP contribution in [-0.4, -0.2) is 35.1 Å². The van der Waals surface area contributed by atoms with E-state index in [0.29, 0.717) is 23.2 Å². The van der Waals surface area contributed by atoms with E-state index in [-0.39, 0.29) is 6.10 Å². The molecule has 39 heavy (non-hydrogen) atoms. The van der Waals surface area contributed by atoms with Gasteiger partial charge in [0, 0.05) is 22.6 Å². The van der Waals surface area contributed by atoms with Crippen LogP contribution in [0.2, 0.25) is 0 Å². The molecule has 3 fully saturated rings. The number of nitrogens with one attached hydrogen (secondary N) is 1. The van der Waals surface area contributed by atoms with E-state index < -0.39 is 24.4 Å². The van der Waals surface area contributed by atoms with Crippen LogP contribution in [0, 0.1) is 17.2 Å². The summed E-state index contributed by atoms with van der Waals surface area (Å²) in [5.41, 5.74) is 4.31. The minimum atomic E-state index is -0.467. The number of amides is 1. The fourth-order valence-corrected chi connectivity index (χ4v) is 5.56. The monoisotopic (exact) mass is 525 g/mol. The lowest BCUT2D eigenvalue weighted by atomic mass is 9.78. The molecule has 3 aliphatic rings. The largest absolute Gasteiger partial charge is 0.494 e. The third-order valence-corrected chi connectivity index (χ3v) is 9.09. The van der Waals surface area contributed by atoms with Crippen molar-refractivity contribution in [2.75, 3.05) is 5.32 Å². The van der Waals surface area contributed by atoms with Crippen LogP contribution in [0.25, 0.3) is 22.2 Å². The molecule has 8 heteroatoms. The van der Waals surface area contributed by atoms with Gasteiger partial charge in [0.2, 0.25) is 0 Å². The Labute approximate surface area is 230 Å². The van der Waals surface area contributed by atoms with Crippen LogP contribution in [0.5, 0.6) is 0 Å². The molecule has 1 aliphatic heterocycles. The molecule has 1 amide bonds. The van der Waals surface area contributed by atoms with Gasteiger partial charge in [0.25, 0.3) is 0 Å². The minimum absolute atomic E-state index is 0.0669. The fraction of sp³-hybridized carbons (Fsp3) is 0.484. The summed E-state index contributed by atoms with van der Waals surface area (Å²) in [5, 5.41) is 14.1. The molecule has 202 valence electrons. The predicted molar refractivity (Wildman–Crippen MR) is 153 cm³/mol. The van der Waals surface area contributed by atoms with E-state index in [1.807, 2.05) is 43.3 Å². The first kappa shape index (κ1) is 26.0. The standard InChI is InChI=1S/C31H36BN3O4/c1-19(20-9-10-20)37-29(36)34-23-14-11-21(12-15-23)28-26(18-33)25-16-13-22(17-27(25)35(28)24-7-6-8-24)32-38-30(2,3)31(4,5)39-32/h11-17,19-20,24H,6-10H2,1-5H3,(H,34,36). The summed E-state index contributed by atoms with van der Waals surface area (Å²) in [5.74, 6) is 0.487. The number of nitrogens with zero attached hydrogens (tertiary/aromatic N) is 2. The van der Waals surface area contributed by atoms with Gasteiger partial charge in [-0.05, 0) is 102 Å². The summed E-state index contributed by atoms with van der Waals surface area (Å²) >= 11 is 0. The Bertz CT molecular complexity index is 1450. The molecular weight excluding hydrogens is 489 g/mol. The molecule has 2 aliphatic carbocycles. The number of ether oxygens (including phenoxy) is 1. The second-order valence-electron chi connectivity index (χ2n) is 12.3. The zero-order valence-corrected chi connectivity index (χ0v) is 23.4. The average molecular weight is 525 g/mol. The van der Waals surface area contributed by atoms with Crippen LogP contribution in [0.3, 0.4) is 0 Å². The molecule has 6 rings (SSSR count). The van der Waals surface area contributed by atoms with Crippen LogP contribution in [0.1, 0.15) is 78.3 Å². The molecule has 0 spiro atoms. The third-order valence-electron chi connectivity index (χ3n) is 9.09. The van der Waals surface area contributed by atoms with Gasteiger partial charge in [0.15, 0.2) is 0 Å². The maximum absolute atomic E-state index is 12.3. The first-order valence-electron chi connectivity index (χ1n) is 14.1. The van der Waals surface area contributed by atoms with E-state index in [0.717, 1.165) is 53.3 Å². The number of benzene rings is 2. The van der Waals surface area contributed by atoms with E-state index in [2.05, 4.69) is 49.7 Å². The van der Waals surface area contributed by atoms with Crippen molar-refractivity contribution in [2.45, 2.75) is 90.1 Å². The second kappa shape index (κ2) is 9.43. The highest BCUT2D eigenvalue weighted by Crippen LogP contribution is 2.43. The van der Waals surface area contributed by atoms with Crippen molar-refractivity contribution in [3.05, 3.63) is 48.0 Å². The lowest BCUT2D eigenvalue weighted by molar-refractivity contribution is 0.00578. The molecule has 2 aromatic carbocycles. The average Bonchev–Trinajstić information content (AvgIpc) is 3.62. The van der Waals surface area contributed by atoms with Crippen LogP contribution in [-0.2, 0) is 14.0 Å². The van der Waals surface area contributed by atoms with Gasteiger partial charge in [-0.2, -0.15) is 5.26 Å². The summed E-state index contributed by atoms with van der Waals surface area (Å²) in [4.78, 5) is 12.3. The van der Waals surface area contributed by atoms with Gasteiger partial charge in [0.05, 0.1) is 22.5 Å². The Morgan fingerprint density at radius 3 is 2.31 bits per heavy atom. The lowest BCUT2D eigenvalue weighted by Crippen LogP contribution is -2.41. The minimum Gasteiger partial charge on any atom is -0.446 e. The van der Waals surface area contributed by atoms with Gasteiger partial charge in [-0.1, -0.05) is 24.3 Å². The third kappa shape index (κ3) is 4.62. The number of anilines is 1. The van der Waals surface area contributed by atoms with E-state index in [9.17, 15) is 10.1 Å². The highest BCUT2D eigenvalue weighted by molar-refractivity contribution is 6.62. The zero-order chi connectivity index (χ0) is 27.5. The Morgan fingerprint density at radius 1 is 1.08 bits per heavy atom. The van der Waals surface area contributed by atoms with Crippen LogP contribution in [0.15, 0.2) is 42.5 Å². The molecule has 1 atom stereocenters. The van der Waals surface area contributed by atoms with Gasteiger partial charge >= 0.3 is 13.2 Å². The lowest BCUT2D eigenvalue weighted by Gasteiger charge is -2.32. The number of rotatable bonds is 6. The maximum Gasteiger partial charge on any atom is 0.494 e. The topological polar surface area (TPSA) is 85.5 Å². The van der Waals surface area contributed by atoms with Crippen molar-refractivity contribution in [1.82, 2.24) is 4.57 Å². The van der Waals surface area contributed by atoms with Crippen LogP contribution >= 0.6 is 0 Å². The highest BCUT2D eigenvalue weighted by atomic mass is 16.7. The molecule has 1 N–H and O–H groups in total. The van der Waals surface area contributed by atoms with Gasteiger partial charge in [-0.3, -0.25) is 5.32 Å². The summed E-state index contributed by atoms with van der Waals surface area (Å²) < 4.78 is 20.5. The fourth-order valence-electron chi connectivity index (χ4n) is 5.56. The Kier molecular flexibility index (Phi) is 6.28. The van der Waals surface area contributed by atoms with Gasteiger partial charge < -0.3 is 18.6 Å². The number of fused-ring (bicyclic) bond motifs is 1. The van der Waals surface area contributed by atoms with Gasteiger partial charge in [-0.25, -0.2) is 4.79 Å². The quantitative estimate of drug-likeness (QED) is 0.369. The summed E-state index contributed by atoms with van der Waals surface area (Å²) in [6, 6.07) is 16.7. The smallest absolute Gasteiger partial charge is 0.446 e. The van der Waals surface area contributed by atoms with Gasteiger partial charge in [0.1, 0.15) is 12.2 Å². The molecule has 0 bridgehead atoms. The van der Waals surface area contributed by atoms with Crippen molar-refractivity contribution in [1.29, 1.82) is 5.26 Å². The van der Waals surface area contributed by atoms with E-state index in [1.165, 1.54) is 6.42 Å². The Balaban J connectivity index is 1.35. The van der Waals surface area contributed by atoms with Crippen LogP contribution in [0.4, 0.5) is 10.5 Å². The first-order chi connectivity index (χ1) is 18.6. The summed E-state index contributed by atoms with van der Waals surface area (Å²) in [7, 11) is -0.467. The van der Waals surface area contributed by atoms with E-state index in [4.69, 9.17) is 14.0 Å². The maximum atomic E-state index is 12.3. The molecule has 2 heterocycles. The number of nitriles is 1. The molecule has 3 aromatic rings. The summed E-state index contributed by atoms with van der Waals surface area (Å²) in [6.07, 6.45) is 5.07. The van der Waals surface area contributed by atoms with Crippen molar-refractivity contribution in [3.8, 4) is 17.3 Å². The number of hydrogen-bond acceptors (Lipinski definition) is 5. The molecule has 2 saturated carbocycles. The van der Waals surface area contributed by atoms with E-state index >= 15 is 0 Å².